The third-order valence-electron chi connectivity index (χ3n) is 0. The van der Waals surface area contributed by atoms with Crippen LogP contribution < -0.4 is 34.7 Å². The Labute approximate surface area is 123 Å². The van der Waals surface area contributed by atoms with Crippen molar-refractivity contribution in [2.75, 3.05) is 0 Å². The molecule has 0 amide bonds. The van der Waals surface area contributed by atoms with Gasteiger partial charge >= 0.3 is 70.0 Å². The first-order valence-electron chi connectivity index (χ1n) is 0.632. The van der Waals surface area contributed by atoms with Gasteiger partial charge in [0.15, 0.2) is 0 Å². The molecule has 12 heavy (non-hydrogen) atoms. The van der Waals surface area contributed by atoms with E-state index in [0.717, 1.165) is 0 Å². The zero-order valence-corrected chi connectivity index (χ0v) is 11.9. The molecule has 11 heteroatoms. The summed E-state index contributed by atoms with van der Waals surface area (Å²) in [4.78, 5) is 8.44. The number of carboxylic acid groups (broad SMARTS) is 2. The van der Waals surface area contributed by atoms with E-state index < -0.39 is 6.16 Å². The van der Waals surface area contributed by atoms with Crippen LogP contribution in [0.1, 0.15) is 0 Å². The summed E-state index contributed by atoms with van der Waals surface area (Å²) in [6, 6.07) is 0. The number of rotatable bonds is 0. The second-order valence-electron chi connectivity index (χ2n) is 0.266. The van der Waals surface area contributed by atoms with E-state index in [1.165, 1.54) is 0 Å². The van der Waals surface area contributed by atoms with Crippen LogP contribution in [0.5, 0.6) is 0 Å². The Morgan fingerprint density at radius 3 is 1.17 bits per heavy atom. The zero-order valence-electron chi connectivity index (χ0n) is 6.30. The maximum absolute atomic E-state index is 8.44. The van der Waals surface area contributed by atoms with Crippen LogP contribution in [0.4, 0.5) is 4.79 Å². The van der Waals surface area contributed by atoms with Crippen LogP contribution in [-0.2, 0) is 5.48 Å². The molecule has 0 aromatic heterocycles. The van der Waals surface area contributed by atoms with E-state index in [9.17, 15) is 0 Å². The second-order valence-corrected chi connectivity index (χ2v) is 0.266. The number of hydrogen-bond donors (Lipinski definition) is 1. The SMILES string of the molecule is O=C([O-])O.[Al+3].[Mg+2].[Na+].[O-2].[OH-].[OH-].[OH-].[Si]. The topological polar surface area (TPSA) is 179 Å². The Hall–Kier alpha value is 1.63. The molecule has 7 nitrogen and oxygen atoms in total. The van der Waals surface area contributed by atoms with Gasteiger partial charge in [0.25, 0.3) is 0 Å². The normalized spacial score (nSPS) is 2.00. The number of hydrogen-bond acceptors (Lipinski definition) is 5. The summed E-state index contributed by atoms with van der Waals surface area (Å²) >= 11 is 0. The molecule has 0 unspecified atom stereocenters. The van der Waals surface area contributed by atoms with Gasteiger partial charge in [-0.05, 0) is 0 Å². The van der Waals surface area contributed by atoms with Gasteiger partial charge in [0, 0.05) is 11.0 Å². The molecule has 4 N–H and O–H groups in total. The van der Waals surface area contributed by atoms with Crippen LogP contribution in [0.2, 0.25) is 0 Å². The molecule has 0 aliphatic carbocycles. The molecule has 0 aliphatic rings. The van der Waals surface area contributed by atoms with E-state index >= 15 is 0 Å². The first-order valence-corrected chi connectivity index (χ1v) is 0.632. The van der Waals surface area contributed by atoms with Crippen molar-refractivity contribution >= 4 is 57.5 Å². The fourth-order valence-electron chi connectivity index (χ4n) is 0. The summed E-state index contributed by atoms with van der Waals surface area (Å²) in [5, 5.41) is 15.3. The third kappa shape index (κ3) is 497. The minimum absolute atomic E-state index is 0. The van der Waals surface area contributed by atoms with Crippen LogP contribution in [0.25, 0.3) is 0 Å². The molecule has 0 saturated heterocycles. The summed E-state index contributed by atoms with van der Waals surface area (Å²) in [6.07, 6.45) is -2.08. The van der Waals surface area contributed by atoms with Crippen molar-refractivity contribution in [1.82, 2.24) is 0 Å². The largest absolute Gasteiger partial charge is 3.00 e. The zero-order chi connectivity index (χ0) is 3.58. The van der Waals surface area contributed by atoms with E-state index in [0.29, 0.717) is 0 Å². The smallest absolute Gasteiger partial charge is 2.00 e. The standard InChI is InChI=1S/CH2O3.Al.Mg.Na.3H2O.O.Si/c2-1(3)4;;;;;;;;/h(H2,2,3,4);;;;3*1H2;;/q;+3;+2;+1;;;;-2;/p-4. The molecular weight excluding hydrogens is 226 g/mol. The fourth-order valence-corrected chi connectivity index (χ4v) is 0. The maximum atomic E-state index is 8.44. The van der Waals surface area contributed by atoms with Crippen molar-refractivity contribution in [3.8, 4) is 0 Å². The van der Waals surface area contributed by atoms with Crippen molar-refractivity contribution in [3.63, 3.8) is 0 Å². The molecular formula is CH4AlMgNaO7Si. The van der Waals surface area contributed by atoms with E-state index in [4.69, 9.17) is 15.0 Å². The van der Waals surface area contributed by atoms with Gasteiger partial charge < -0.3 is 36.9 Å². The Morgan fingerprint density at radius 2 is 1.17 bits per heavy atom. The van der Waals surface area contributed by atoms with Crippen molar-refractivity contribution in [2.45, 2.75) is 0 Å². The van der Waals surface area contributed by atoms with Gasteiger partial charge in [-0.25, -0.2) is 0 Å². The first-order chi connectivity index (χ1) is 1.73. The van der Waals surface area contributed by atoms with Crippen LogP contribution in [0.3, 0.4) is 0 Å². The monoisotopic (exact) mass is 230 g/mol. The third-order valence-corrected chi connectivity index (χ3v) is 0. The molecule has 0 spiro atoms. The Bertz CT molecular complexity index is 46.4. The minimum atomic E-state index is -2.08. The Kier molecular flexibility index (Phi) is 675. The summed E-state index contributed by atoms with van der Waals surface area (Å²) in [6.45, 7) is 0. The molecule has 0 aromatic rings. The molecule has 0 fully saturated rings. The van der Waals surface area contributed by atoms with Crippen molar-refractivity contribution in [3.05, 3.63) is 0 Å². The van der Waals surface area contributed by atoms with Gasteiger partial charge in [0.05, 0.1) is 0 Å². The van der Waals surface area contributed by atoms with Crippen LogP contribution in [0.15, 0.2) is 0 Å². The summed E-state index contributed by atoms with van der Waals surface area (Å²) in [5.41, 5.74) is 0. The van der Waals surface area contributed by atoms with Crippen LogP contribution >= 0.6 is 0 Å². The summed E-state index contributed by atoms with van der Waals surface area (Å²) < 4.78 is 0. The van der Waals surface area contributed by atoms with Crippen LogP contribution in [0, 0.1) is 0 Å². The minimum Gasteiger partial charge on any atom is -2.00 e. The van der Waals surface area contributed by atoms with E-state index in [1.807, 2.05) is 0 Å². The molecule has 0 aliphatic heterocycles. The predicted molar refractivity (Wildman–Crippen MR) is 31.8 cm³/mol. The summed E-state index contributed by atoms with van der Waals surface area (Å²) in [7, 11) is 0. The molecule has 60 valence electrons. The average molecular weight is 230 g/mol. The van der Waals surface area contributed by atoms with Gasteiger partial charge in [-0.1, -0.05) is 0 Å². The molecule has 0 atom stereocenters. The quantitative estimate of drug-likeness (QED) is 0.404. The maximum Gasteiger partial charge on any atom is 3.00 e. The Balaban J connectivity index is -0.00000000161. The number of carbonyl (C=O) groups is 1. The summed E-state index contributed by atoms with van der Waals surface area (Å²) in [5.74, 6) is 0. The molecule has 0 saturated carbocycles. The molecule has 0 aromatic carbocycles. The first kappa shape index (κ1) is 102. The molecule has 0 heterocycles. The Morgan fingerprint density at radius 1 is 1.17 bits per heavy atom. The van der Waals surface area contributed by atoms with E-state index in [2.05, 4.69) is 0 Å². The van der Waals surface area contributed by atoms with Crippen molar-refractivity contribution in [2.24, 2.45) is 0 Å². The fraction of sp³-hybridized carbons (Fsp3) is 0. The van der Waals surface area contributed by atoms with Gasteiger partial charge in [-0.3, -0.25) is 0 Å². The predicted octanol–water partition coefficient (Wildman–Crippen LogP) is -5.90. The average Bonchev–Trinajstić information content (AvgIpc) is 0.811. The van der Waals surface area contributed by atoms with E-state index in [1.54, 1.807) is 0 Å². The van der Waals surface area contributed by atoms with E-state index in [-0.39, 0.29) is 103 Å². The molecule has 0 rings (SSSR count). The van der Waals surface area contributed by atoms with Crippen LogP contribution in [-0.4, -0.2) is 79.1 Å². The van der Waals surface area contributed by atoms with Gasteiger partial charge in [-0.15, -0.1) is 0 Å². The van der Waals surface area contributed by atoms with Crippen molar-refractivity contribution < 1.29 is 66.5 Å². The second kappa shape index (κ2) is 79.8. The van der Waals surface area contributed by atoms with Gasteiger partial charge in [-0.2, -0.15) is 0 Å². The molecule has 0 bridgehead atoms. The van der Waals surface area contributed by atoms with Crippen molar-refractivity contribution in [1.29, 1.82) is 0 Å². The molecule has 4 radical (unpaired) electrons. The van der Waals surface area contributed by atoms with Gasteiger partial charge in [0.1, 0.15) is 0 Å². The van der Waals surface area contributed by atoms with Gasteiger partial charge in [0.2, 0.25) is 6.16 Å².